The van der Waals surface area contributed by atoms with E-state index in [0.717, 1.165) is 42.9 Å². The second-order valence-electron chi connectivity index (χ2n) is 13.0. The van der Waals surface area contributed by atoms with E-state index in [1.807, 2.05) is 0 Å². The van der Waals surface area contributed by atoms with Crippen molar-refractivity contribution in [3.63, 3.8) is 0 Å². The Bertz CT molecular complexity index is 1270. The van der Waals surface area contributed by atoms with Gasteiger partial charge in [0.05, 0.1) is 7.11 Å². The van der Waals surface area contributed by atoms with Gasteiger partial charge in [-0.05, 0) is 133 Å². The van der Waals surface area contributed by atoms with E-state index in [4.69, 9.17) is 16.3 Å². The molecule has 3 aromatic rings. The zero-order valence-electron chi connectivity index (χ0n) is 28.0. The Hall–Kier alpha value is -2.57. The predicted molar refractivity (Wildman–Crippen MR) is 189 cm³/mol. The number of anilines is 1. The van der Waals surface area contributed by atoms with Crippen LogP contribution in [0, 0.1) is 20.8 Å². The topological polar surface area (TPSA) is 31.0 Å². The lowest BCUT2D eigenvalue weighted by atomic mass is 9.89. The maximum atomic E-state index is 6.15. The van der Waals surface area contributed by atoms with Crippen LogP contribution in [0.3, 0.4) is 0 Å². The van der Waals surface area contributed by atoms with Crippen LogP contribution >= 0.6 is 11.6 Å². The number of aryl methyl sites for hydroxylation is 3. The Kier molecular flexibility index (Phi) is 13.4. The fourth-order valence-corrected chi connectivity index (χ4v) is 6.50. The second kappa shape index (κ2) is 17.2. The van der Waals surface area contributed by atoms with E-state index in [0.29, 0.717) is 5.92 Å². The number of piperazine rings is 1. The summed E-state index contributed by atoms with van der Waals surface area (Å²) < 4.78 is 5.33. The Balaban J connectivity index is 0.000000151. The summed E-state index contributed by atoms with van der Waals surface area (Å²) in [6.45, 7) is 15.5. The number of nitrogens with one attached hydrogen (secondary N) is 1. The smallest absolute Gasteiger partial charge is 0.123 e. The summed E-state index contributed by atoms with van der Waals surface area (Å²) in [5.74, 6) is 2.48. The molecule has 0 amide bonds. The maximum absolute atomic E-state index is 6.15. The molecule has 0 radical (unpaired) electrons. The highest BCUT2D eigenvalue weighted by Crippen LogP contribution is 2.30. The van der Waals surface area contributed by atoms with Gasteiger partial charge in [0.1, 0.15) is 5.75 Å². The van der Waals surface area contributed by atoms with Crippen molar-refractivity contribution in [1.29, 1.82) is 0 Å². The molecule has 6 heteroatoms. The summed E-state index contributed by atoms with van der Waals surface area (Å²) in [6.07, 6.45) is 5.16. The van der Waals surface area contributed by atoms with Gasteiger partial charge >= 0.3 is 0 Å². The van der Waals surface area contributed by atoms with Crippen LogP contribution in [-0.4, -0.2) is 83.4 Å². The van der Waals surface area contributed by atoms with Crippen LogP contribution in [0.5, 0.6) is 5.75 Å². The molecule has 3 fully saturated rings. The number of hydrogen-bond acceptors (Lipinski definition) is 5. The van der Waals surface area contributed by atoms with Crippen molar-refractivity contribution in [1.82, 2.24) is 15.1 Å². The number of hydrogen-bond donors (Lipinski definition) is 1. The summed E-state index contributed by atoms with van der Waals surface area (Å²) in [5, 5.41) is 4.26. The Morgan fingerprint density at radius 3 is 1.73 bits per heavy atom. The highest BCUT2D eigenvalue weighted by Gasteiger charge is 2.19. The third-order valence-electron chi connectivity index (χ3n) is 9.53. The van der Waals surface area contributed by atoms with Gasteiger partial charge in [-0.3, -0.25) is 0 Å². The molecule has 3 saturated heterocycles. The lowest BCUT2D eigenvalue weighted by Crippen LogP contribution is -2.43. The summed E-state index contributed by atoms with van der Waals surface area (Å²) in [4.78, 5) is 7.20. The van der Waals surface area contributed by atoms with E-state index in [2.05, 4.69) is 116 Å². The van der Waals surface area contributed by atoms with Crippen LogP contribution in [0.1, 0.15) is 65.3 Å². The predicted octanol–water partition coefficient (Wildman–Crippen LogP) is 7.68. The van der Waals surface area contributed by atoms with Crippen LogP contribution in [0.2, 0.25) is 5.02 Å². The number of likely N-dealkylation sites (tertiary alicyclic amines) is 2. The highest BCUT2D eigenvalue weighted by molar-refractivity contribution is 6.31. The number of rotatable bonds is 4. The monoisotopic (exact) mass is 618 g/mol. The highest BCUT2D eigenvalue weighted by atomic mass is 35.5. The normalized spacial score (nSPS) is 18.6. The molecule has 44 heavy (non-hydrogen) atoms. The molecule has 0 aliphatic carbocycles. The molecular formula is C38H55ClN4O. The van der Waals surface area contributed by atoms with Crippen molar-refractivity contribution >= 4 is 17.3 Å². The number of nitrogens with zero attached hydrogens (tertiary/aromatic N) is 3. The van der Waals surface area contributed by atoms with Crippen LogP contribution in [0.25, 0.3) is 0 Å². The van der Waals surface area contributed by atoms with Crippen LogP contribution in [0.15, 0.2) is 60.7 Å². The average molecular weight is 619 g/mol. The summed E-state index contributed by atoms with van der Waals surface area (Å²) >= 11 is 6.15. The quantitative estimate of drug-likeness (QED) is 0.324. The van der Waals surface area contributed by atoms with Crippen molar-refractivity contribution in [2.45, 2.75) is 58.3 Å². The first kappa shape index (κ1) is 34.3. The first-order chi connectivity index (χ1) is 21.2. The minimum atomic E-state index is 0.708. The molecule has 3 aliphatic rings. The minimum absolute atomic E-state index is 0.708. The number of methoxy groups -OCH3 is 1. The fraction of sp³-hybridized carbons (Fsp3) is 0.526. The SMILES string of the molecule is COc1cc(N2CCNCC2)ccc1C.Cc1ccc(C2CCN(C)CC2)cc1.Cc1ccc(C2CCN(C)CC2)cc1Cl. The molecule has 6 rings (SSSR count). The number of halogens is 1. The molecule has 3 heterocycles. The molecule has 0 bridgehead atoms. The van der Waals surface area contributed by atoms with Crippen LogP contribution < -0.4 is 15.0 Å². The largest absolute Gasteiger partial charge is 0.496 e. The zero-order valence-corrected chi connectivity index (χ0v) is 28.8. The van der Waals surface area contributed by atoms with Gasteiger partial charge in [0.25, 0.3) is 0 Å². The van der Waals surface area contributed by atoms with Crippen LogP contribution in [-0.2, 0) is 0 Å². The summed E-state index contributed by atoms with van der Waals surface area (Å²) in [6, 6.07) is 22.0. The molecule has 0 atom stereocenters. The molecule has 0 spiro atoms. The van der Waals surface area contributed by atoms with Gasteiger partial charge in [0.15, 0.2) is 0 Å². The van der Waals surface area contributed by atoms with Crippen molar-refractivity contribution in [2.75, 3.05) is 78.5 Å². The summed E-state index contributed by atoms with van der Waals surface area (Å²) in [5.41, 5.74) is 7.94. The van der Waals surface area contributed by atoms with Crippen molar-refractivity contribution in [3.8, 4) is 5.75 Å². The van der Waals surface area contributed by atoms with Gasteiger partial charge < -0.3 is 24.8 Å². The zero-order chi connectivity index (χ0) is 31.5. The Morgan fingerprint density at radius 1 is 0.659 bits per heavy atom. The van der Waals surface area contributed by atoms with E-state index in [-0.39, 0.29) is 0 Å². The van der Waals surface area contributed by atoms with Gasteiger partial charge in [-0.25, -0.2) is 0 Å². The van der Waals surface area contributed by atoms with Gasteiger partial charge in [0.2, 0.25) is 0 Å². The molecule has 240 valence electrons. The number of ether oxygens (including phenoxy) is 1. The van der Waals surface area contributed by atoms with Gasteiger partial charge in [-0.1, -0.05) is 59.6 Å². The number of piperidine rings is 2. The standard InChI is InChI=1S/C13H18ClN.C13H19N.C12H18N2O/c1-10-3-4-12(9-13(10)14)11-5-7-15(2)8-6-11;1-11-3-5-12(6-4-11)13-7-9-14(2)10-8-13;1-10-3-4-11(9-12(10)15-2)14-7-5-13-6-8-14/h3-4,9,11H,5-8H2,1-2H3;3-6,13H,7-10H2,1-2H3;3-4,9,13H,5-8H2,1-2H3. The average Bonchev–Trinajstić information content (AvgIpc) is 3.05. The molecule has 3 aliphatic heterocycles. The van der Waals surface area contributed by atoms with Crippen LogP contribution in [0.4, 0.5) is 5.69 Å². The lowest BCUT2D eigenvalue weighted by Gasteiger charge is -2.29. The molecule has 0 aromatic heterocycles. The Labute approximate surface area is 272 Å². The molecular weight excluding hydrogens is 564 g/mol. The van der Waals surface area contributed by atoms with Crippen molar-refractivity contribution in [2.24, 2.45) is 0 Å². The Morgan fingerprint density at radius 2 is 1.18 bits per heavy atom. The summed E-state index contributed by atoms with van der Waals surface area (Å²) in [7, 11) is 6.13. The third-order valence-corrected chi connectivity index (χ3v) is 9.93. The molecule has 0 saturated carbocycles. The van der Waals surface area contributed by atoms with E-state index in [9.17, 15) is 0 Å². The molecule has 5 nitrogen and oxygen atoms in total. The molecule has 1 N–H and O–H groups in total. The van der Waals surface area contributed by atoms with E-state index in [1.54, 1.807) is 7.11 Å². The van der Waals surface area contributed by atoms with E-state index >= 15 is 0 Å². The van der Waals surface area contributed by atoms with E-state index in [1.165, 1.54) is 85.4 Å². The fourth-order valence-electron chi connectivity index (χ4n) is 6.31. The van der Waals surface area contributed by atoms with Gasteiger partial charge in [-0.15, -0.1) is 0 Å². The third kappa shape index (κ3) is 10.2. The first-order valence-corrected chi connectivity index (χ1v) is 16.9. The molecule has 3 aromatic carbocycles. The van der Waals surface area contributed by atoms with Crippen molar-refractivity contribution < 1.29 is 4.74 Å². The lowest BCUT2D eigenvalue weighted by molar-refractivity contribution is 0.255. The van der Waals surface area contributed by atoms with Gasteiger partial charge in [-0.2, -0.15) is 0 Å². The second-order valence-corrected chi connectivity index (χ2v) is 13.4. The number of benzene rings is 3. The molecule has 0 unspecified atom stereocenters. The van der Waals surface area contributed by atoms with E-state index < -0.39 is 0 Å². The first-order valence-electron chi connectivity index (χ1n) is 16.5. The minimum Gasteiger partial charge on any atom is -0.496 e. The van der Waals surface area contributed by atoms with Gasteiger partial charge in [0, 0.05) is 43.0 Å². The van der Waals surface area contributed by atoms with Crippen molar-refractivity contribution in [3.05, 3.63) is 93.5 Å². The maximum Gasteiger partial charge on any atom is 0.123 e.